The summed E-state index contributed by atoms with van der Waals surface area (Å²) in [5, 5.41) is 6.05. The van der Waals surface area contributed by atoms with Crippen LogP contribution in [0.1, 0.15) is 18.1 Å². The van der Waals surface area contributed by atoms with Gasteiger partial charge in [0.15, 0.2) is 0 Å². The minimum atomic E-state index is -0.376. The molecule has 3 amide bonds. The number of hydrogen-bond acceptors (Lipinski definition) is 3. The molecular formula is C17H19ClN4O2. The second-order valence-corrected chi connectivity index (χ2v) is 5.63. The number of nitrogens with one attached hydrogen (secondary N) is 4. The van der Waals surface area contributed by atoms with Crippen molar-refractivity contribution in [1.82, 2.24) is 10.7 Å². The Morgan fingerprint density at radius 3 is 2.62 bits per heavy atom. The van der Waals surface area contributed by atoms with Crippen molar-refractivity contribution in [3.8, 4) is 0 Å². The summed E-state index contributed by atoms with van der Waals surface area (Å²) in [5.74, 6) is -0.140. The van der Waals surface area contributed by atoms with Crippen LogP contribution in [-0.4, -0.2) is 11.9 Å². The number of anilines is 2. The molecule has 2 aromatic rings. The predicted octanol–water partition coefficient (Wildman–Crippen LogP) is 3.43. The first-order chi connectivity index (χ1) is 11.5. The van der Waals surface area contributed by atoms with Gasteiger partial charge in [0.2, 0.25) is 5.91 Å². The van der Waals surface area contributed by atoms with Crippen molar-refractivity contribution in [1.29, 1.82) is 0 Å². The van der Waals surface area contributed by atoms with Crippen LogP contribution in [0.3, 0.4) is 0 Å². The summed E-state index contributed by atoms with van der Waals surface area (Å²) in [4.78, 5) is 22.9. The van der Waals surface area contributed by atoms with E-state index in [4.69, 9.17) is 11.6 Å². The van der Waals surface area contributed by atoms with E-state index in [0.717, 1.165) is 16.8 Å². The maximum absolute atomic E-state index is 11.9. The summed E-state index contributed by atoms with van der Waals surface area (Å²) in [6, 6.07) is 12.3. The Bertz CT molecular complexity index is 749. The monoisotopic (exact) mass is 346 g/mol. The Balaban J connectivity index is 1.85. The highest BCUT2D eigenvalue weighted by molar-refractivity contribution is 6.31. The lowest BCUT2D eigenvalue weighted by atomic mass is 10.2. The molecule has 126 valence electrons. The number of urea groups is 1. The van der Waals surface area contributed by atoms with Crippen LogP contribution >= 0.6 is 11.6 Å². The van der Waals surface area contributed by atoms with E-state index in [-0.39, 0.29) is 11.9 Å². The lowest BCUT2D eigenvalue weighted by Gasteiger charge is -2.13. The van der Waals surface area contributed by atoms with Gasteiger partial charge in [-0.15, -0.1) is 0 Å². The smallest absolute Gasteiger partial charge is 0.333 e. The molecule has 0 radical (unpaired) electrons. The molecule has 0 saturated carbocycles. The van der Waals surface area contributed by atoms with E-state index in [1.54, 1.807) is 24.3 Å². The zero-order chi connectivity index (χ0) is 17.5. The molecule has 0 aliphatic rings. The first kappa shape index (κ1) is 17.6. The Kier molecular flexibility index (Phi) is 6.03. The minimum absolute atomic E-state index is 0.140. The molecule has 0 aromatic heterocycles. The van der Waals surface area contributed by atoms with Crippen LogP contribution < -0.4 is 21.5 Å². The van der Waals surface area contributed by atoms with Gasteiger partial charge in [-0.25, -0.2) is 4.79 Å². The van der Waals surface area contributed by atoms with Crippen LogP contribution in [-0.2, 0) is 11.3 Å². The number of carbonyl (C=O) groups excluding carboxylic acids is 2. The summed E-state index contributed by atoms with van der Waals surface area (Å²) in [7, 11) is 0. The number of hydrogen-bond donors (Lipinski definition) is 4. The van der Waals surface area contributed by atoms with Crippen LogP contribution in [0.15, 0.2) is 42.5 Å². The first-order valence-electron chi connectivity index (χ1n) is 7.37. The lowest BCUT2D eigenvalue weighted by molar-refractivity contribution is -0.114. The average molecular weight is 347 g/mol. The van der Waals surface area contributed by atoms with Gasteiger partial charge in [-0.1, -0.05) is 29.8 Å². The van der Waals surface area contributed by atoms with Crippen LogP contribution in [0.4, 0.5) is 16.2 Å². The van der Waals surface area contributed by atoms with Crippen molar-refractivity contribution in [2.24, 2.45) is 0 Å². The van der Waals surface area contributed by atoms with Crippen LogP contribution in [0.25, 0.3) is 0 Å². The molecule has 0 heterocycles. The van der Waals surface area contributed by atoms with Gasteiger partial charge in [0.05, 0.1) is 5.69 Å². The maximum atomic E-state index is 11.9. The maximum Gasteiger partial charge on any atom is 0.333 e. The quantitative estimate of drug-likeness (QED) is 0.626. The molecule has 0 aliphatic carbocycles. The Morgan fingerprint density at radius 2 is 1.88 bits per heavy atom. The highest BCUT2D eigenvalue weighted by atomic mass is 35.5. The average Bonchev–Trinajstić information content (AvgIpc) is 2.54. The molecule has 0 saturated heterocycles. The van der Waals surface area contributed by atoms with E-state index in [1.807, 2.05) is 25.1 Å². The number of hydrazine groups is 1. The van der Waals surface area contributed by atoms with E-state index in [2.05, 4.69) is 21.5 Å². The largest absolute Gasteiger partial charge is 0.333 e. The molecular weight excluding hydrogens is 328 g/mol. The molecule has 0 aliphatic heterocycles. The SMILES string of the molecule is CC(=O)Nc1cccc(CNC(=O)NNc2cccc(Cl)c2C)c1. The molecule has 6 nitrogen and oxygen atoms in total. The van der Waals surface area contributed by atoms with Crippen LogP contribution in [0.5, 0.6) is 0 Å². The van der Waals surface area contributed by atoms with Gasteiger partial charge in [-0.2, -0.15) is 0 Å². The number of benzene rings is 2. The summed E-state index contributed by atoms with van der Waals surface area (Å²) in [6.07, 6.45) is 0. The molecule has 0 unspecified atom stereocenters. The second-order valence-electron chi connectivity index (χ2n) is 5.23. The van der Waals surface area contributed by atoms with E-state index in [9.17, 15) is 9.59 Å². The first-order valence-corrected chi connectivity index (χ1v) is 7.75. The van der Waals surface area contributed by atoms with Gasteiger partial charge in [0.1, 0.15) is 0 Å². The van der Waals surface area contributed by atoms with Crippen molar-refractivity contribution in [2.75, 3.05) is 10.7 Å². The van der Waals surface area contributed by atoms with Crippen LogP contribution in [0.2, 0.25) is 5.02 Å². The van der Waals surface area contributed by atoms with Gasteiger partial charge in [0.25, 0.3) is 0 Å². The number of rotatable bonds is 5. The molecule has 0 fully saturated rings. The van der Waals surface area contributed by atoms with Gasteiger partial charge in [-0.3, -0.25) is 15.6 Å². The lowest BCUT2D eigenvalue weighted by Crippen LogP contribution is -2.38. The molecule has 24 heavy (non-hydrogen) atoms. The van der Waals surface area contributed by atoms with Crippen LogP contribution in [0, 0.1) is 6.92 Å². The molecule has 0 atom stereocenters. The third-order valence-electron chi connectivity index (χ3n) is 3.28. The highest BCUT2D eigenvalue weighted by Gasteiger charge is 2.04. The molecule has 2 aromatic carbocycles. The predicted molar refractivity (Wildman–Crippen MR) is 95.9 cm³/mol. The van der Waals surface area contributed by atoms with Gasteiger partial charge in [0, 0.05) is 24.2 Å². The van der Waals surface area contributed by atoms with Crippen molar-refractivity contribution in [2.45, 2.75) is 20.4 Å². The molecule has 0 bridgehead atoms. The highest BCUT2D eigenvalue weighted by Crippen LogP contribution is 2.22. The number of amides is 3. The van der Waals surface area contributed by atoms with Crippen molar-refractivity contribution in [3.63, 3.8) is 0 Å². The van der Waals surface area contributed by atoms with E-state index in [0.29, 0.717) is 17.3 Å². The number of carbonyl (C=O) groups is 2. The molecule has 4 N–H and O–H groups in total. The fraction of sp³-hybridized carbons (Fsp3) is 0.176. The zero-order valence-electron chi connectivity index (χ0n) is 13.4. The fourth-order valence-electron chi connectivity index (χ4n) is 2.06. The standard InChI is InChI=1S/C17H19ClN4O2/c1-11-15(18)7-4-8-16(11)21-22-17(24)19-10-13-5-3-6-14(9-13)20-12(2)23/h3-9,21H,10H2,1-2H3,(H,20,23)(H2,19,22,24). The topological polar surface area (TPSA) is 82.3 Å². The van der Waals surface area contributed by atoms with E-state index in [1.165, 1.54) is 6.92 Å². The van der Waals surface area contributed by atoms with Gasteiger partial charge in [-0.05, 0) is 42.3 Å². The zero-order valence-corrected chi connectivity index (χ0v) is 14.2. The van der Waals surface area contributed by atoms with Gasteiger partial charge >= 0.3 is 6.03 Å². The Morgan fingerprint density at radius 1 is 1.12 bits per heavy atom. The number of halogens is 1. The normalized spacial score (nSPS) is 9.96. The van der Waals surface area contributed by atoms with E-state index < -0.39 is 0 Å². The molecule has 2 rings (SSSR count). The van der Waals surface area contributed by atoms with Crippen molar-refractivity contribution < 1.29 is 9.59 Å². The molecule has 0 spiro atoms. The third-order valence-corrected chi connectivity index (χ3v) is 3.69. The summed E-state index contributed by atoms with van der Waals surface area (Å²) >= 11 is 6.02. The summed E-state index contributed by atoms with van der Waals surface area (Å²) < 4.78 is 0. The Hall–Kier alpha value is -2.73. The minimum Gasteiger partial charge on any atom is -0.333 e. The van der Waals surface area contributed by atoms with Crippen molar-refractivity contribution in [3.05, 3.63) is 58.6 Å². The fourth-order valence-corrected chi connectivity index (χ4v) is 2.23. The second kappa shape index (κ2) is 8.21. The summed E-state index contributed by atoms with van der Waals surface area (Å²) in [6.45, 7) is 3.63. The molecule has 7 heteroatoms. The third kappa shape index (κ3) is 5.17. The van der Waals surface area contributed by atoms with E-state index >= 15 is 0 Å². The van der Waals surface area contributed by atoms with Gasteiger partial charge < -0.3 is 10.6 Å². The summed E-state index contributed by atoms with van der Waals surface area (Å²) in [5.41, 5.74) is 8.52. The van der Waals surface area contributed by atoms with Crippen molar-refractivity contribution >= 4 is 34.9 Å². The Labute approximate surface area is 145 Å².